The maximum absolute atomic E-state index is 12.7. The van der Waals surface area contributed by atoms with Gasteiger partial charge in [0.15, 0.2) is 0 Å². The molecule has 1 aromatic rings. The third kappa shape index (κ3) is 6.10. The van der Waals surface area contributed by atoms with Crippen molar-refractivity contribution in [2.45, 2.75) is 32.5 Å². The van der Waals surface area contributed by atoms with Crippen molar-refractivity contribution in [1.29, 1.82) is 0 Å². The van der Waals surface area contributed by atoms with Gasteiger partial charge in [-0.1, -0.05) is 12.1 Å². The Balaban J connectivity index is 2.13. The van der Waals surface area contributed by atoms with Crippen LogP contribution in [0.1, 0.15) is 31.9 Å². The maximum atomic E-state index is 12.7. The largest absolute Gasteiger partial charge is 0.387 e. The Labute approximate surface area is 108 Å². The molecule has 0 fully saturated rings. The molecule has 18 heavy (non-hydrogen) atoms. The van der Waals surface area contributed by atoms with E-state index in [4.69, 9.17) is 4.74 Å². The molecule has 0 saturated heterocycles. The van der Waals surface area contributed by atoms with Crippen LogP contribution in [0.3, 0.4) is 0 Å². The summed E-state index contributed by atoms with van der Waals surface area (Å²) < 4.78 is 18.1. The van der Waals surface area contributed by atoms with E-state index >= 15 is 0 Å². The summed E-state index contributed by atoms with van der Waals surface area (Å²) in [4.78, 5) is 0. The molecule has 0 aliphatic rings. The van der Waals surface area contributed by atoms with Crippen LogP contribution in [0.5, 0.6) is 0 Å². The third-order valence-corrected chi connectivity index (χ3v) is 2.54. The standard InChI is InChI=1S/C14H22FNO2/c1-11(2)18-9-3-8-16-10-14(17)12-4-6-13(15)7-5-12/h4-7,11,14,16-17H,3,8-10H2,1-2H3. The fourth-order valence-corrected chi connectivity index (χ4v) is 1.56. The van der Waals surface area contributed by atoms with Gasteiger partial charge in [-0.2, -0.15) is 0 Å². The van der Waals surface area contributed by atoms with E-state index in [1.54, 1.807) is 12.1 Å². The van der Waals surface area contributed by atoms with Crippen LogP contribution in [-0.2, 0) is 4.74 Å². The van der Waals surface area contributed by atoms with Gasteiger partial charge in [-0.05, 0) is 44.5 Å². The van der Waals surface area contributed by atoms with Crippen LogP contribution in [0.15, 0.2) is 24.3 Å². The SMILES string of the molecule is CC(C)OCCCNCC(O)c1ccc(F)cc1. The Kier molecular flexibility index (Phi) is 6.86. The molecular formula is C14H22FNO2. The Morgan fingerprint density at radius 1 is 1.28 bits per heavy atom. The first-order valence-corrected chi connectivity index (χ1v) is 6.35. The van der Waals surface area contributed by atoms with Crippen molar-refractivity contribution < 1.29 is 14.2 Å². The van der Waals surface area contributed by atoms with Gasteiger partial charge in [0.25, 0.3) is 0 Å². The van der Waals surface area contributed by atoms with E-state index < -0.39 is 6.10 Å². The van der Waals surface area contributed by atoms with Gasteiger partial charge < -0.3 is 15.2 Å². The van der Waals surface area contributed by atoms with Crippen LogP contribution in [0.2, 0.25) is 0 Å². The molecule has 0 bridgehead atoms. The molecule has 4 heteroatoms. The monoisotopic (exact) mass is 255 g/mol. The lowest BCUT2D eigenvalue weighted by Gasteiger charge is -2.12. The molecule has 1 aromatic carbocycles. The van der Waals surface area contributed by atoms with E-state index in [0.717, 1.165) is 25.1 Å². The molecule has 1 atom stereocenters. The average molecular weight is 255 g/mol. The van der Waals surface area contributed by atoms with Gasteiger partial charge >= 0.3 is 0 Å². The molecule has 0 amide bonds. The molecule has 0 aliphatic heterocycles. The lowest BCUT2D eigenvalue weighted by Crippen LogP contribution is -2.23. The highest BCUT2D eigenvalue weighted by Crippen LogP contribution is 2.12. The summed E-state index contributed by atoms with van der Waals surface area (Å²) in [6.45, 7) is 5.99. The molecule has 0 radical (unpaired) electrons. The van der Waals surface area contributed by atoms with Crippen LogP contribution in [-0.4, -0.2) is 30.9 Å². The van der Waals surface area contributed by atoms with Crippen molar-refractivity contribution in [3.8, 4) is 0 Å². The van der Waals surface area contributed by atoms with Crippen LogP contribution in [0.25, 0.3) is 0 Å². The second-order valence-corrected chi connectivity index (χ2v) is 4.54. The van der Waals surface area contributed by atoms with Gasteiger partial charge in [-0.25, -0.2) is 4.39 Å². The number of ether oxygens (including phenoxy) is 1. The Morgan fingerprint density at radius 2 is 1.94 bits per heavy atom. The first-order valence-electron chi connectivity index (χ1n) is 6.35. The van der Waals surface area contributed by atoms with Crippen molar-refractivity contribution in [3.63, 3.8) is 0 Å². The Bertz CT molecular complexity index is 327. The van der Waals surface area contributed by atoms with Crippen molar-refractivity contribution in [2.24, 2.45) is 0 Å². The zero-order valence-corrected chi connectivity index (χ0v) is 11.0. The molecule has 0 heterocycles. The molecule has 1 unspecified atom stereocenters. The van der Waals surface area contributed by atoms with E-state index in [0.29, 0.717) is 6.54 Å². The number of hydrogen-bond acceptors (Lipinski definition) is 3. The summed E-state index contributed by atoms with van der Waals surface area (Å²) in [5.41, 5.74) is 0.724. The summed E-state index contributed by atoms with van der Waals surface area (Å²) in [6, 6.07) is 5.91. The minimum absolute atomic E-state index is 0.259. The van der Waals surface area contributed by atoms with Crippen LogP contribution < -0.4 is 5.32 Å². The highest BCUT2D eigenvalue weighted by molar-refractivity contribution is 5.18. The number of benzene rings is 1. The minimum Gasteiger partial charge on any atom is -0.387 e. The zero-order valence-electron chi connectivity index (χ0n) is 11.0. The molecule has 0 saturated carbocycles. The molecule has 0 spiro atoms. The second kappa shape index (κ2) is 8.19. The number of nitrogens with one attached hydrogen (secondary N) is 1. The molecule has 0 aliphatic carbocycles. The summed E-state index contributed by atoms with van der Waals surface area (Å²) in [5, 5.41) is 13.0. The first kappa shape index (κ1) is 15.1. The van der Waals surface area contributed by atoms with Gasteiger partial charge in [-0.3, -0.25) is 0 Å². The van der Waals surface area contributed by atoms with Gasteiger partial charge in [0.1, 0.15) is 5.82 Å². The van der Waals surface area contributed by atoms with Gasteiger partial charge in [0.2, 0.25) is 0 Å². The molecule has 3 nitrogen and oxygen atoms in total. The molecule has 2 N–H and O–H groups in total. The van der Waals surface area contributed by atoms with E-state index in [1.807, 2.05) is 13.8 Å². The fraction of sp³-hybridized carbons (Fsp3) is 0.571. The fourth-order valence-electron chi connectivity index (χ4n) is 1.56. The van der Waals surface area contributed by atoms with Crippen LogP contribution in [0.4, 0.5) is 4.39 Å². The van der Waals surface area contributed by atoms with Crippen molar-refractivity contribution in [1.82, 2.24) is 5.32 Å². The minimum atomic E-state index is -0.600. The third-order valence-electron chi connectivity index (χ3n) is 2.54. The van der Waals surface area contributed by atoms with Crippen molar-refractivity contribution >= 4 is 0 Å². The number of aliphatic hydroxyl groups excluding tert-OH is 1. The highest BCUT2D eigenvalue weighted by Gasteiger charge is 2.06. The maximum Gasteiger partial charge on any atom is 0.123 e. The van der Waals surface area contributed by atoms with Crippen molar-refractivity contribution in [3.05, 3.63) is 35.6 Å². The summed E-state index contributed by atoms with van der Waals surface area (Å²) in [5.74, 6) is -0.287. The predicted molar refractivity (Wildman–Crippen MR) is 69.9 cm³/mol. The number of halogens is 1. The summed E-state index contributed by atoms with van der Waals surface area (Å²) in [7, 11) is 0. The quantitative estimate of drug-likeness (QED) is 0.700. The van der Waals surface area contributed by atoms with Gasteiger partial charge in [0.05, 0.1) is 12.2 Å². The lowest BCUT2D eigenvalue weighted by molar-refractivity contribution is 0.0763. The van der Waals surface area contributed by atoms with Crippen LogP contribution >= 0.6 is 0 Å². The van der Waals surface area contributed by atoms with Gasteiger partial charge in [-0.15, -0.1) is 0 Å². The summed E-state index contributed by atoms with van der Waals surface area (Å²) in [6.07, 6.45) is 0.570. The highest BCUT2D eigenvalue weighted by atomic mass is 19.1. The van der Waals surface area contributed by atoms with E-state index in [-0.39, 0.29) is 11.9 Å². The summed E-state index contributed by atoms with van der Waals surface area (Å²) >= 11 is 0. The predicted octanol–water partition coefficient (Wildman–Crippen LogP) is 2.26. The molecule has 102 valence electrons. The number of hydrogen-bond donors (Lipinski definition) is 2. The topological polar surface area (TPSA) is 41.5 Å². The first-order chi connectivity index (χ1) is 8.59. The smallest absolute Gasteiger partial charge is 0.123 e. The van der Waals surface area contributed by atoms with E-state index in [2.05, 4.69) is 5.32 Å². The number of aliphatic hydroxyl groups is 1. The molecular weight excluding hydrogens is 233 g/mol. The zero-order chi connectivity index (χ0) is 13.4. The average Bonchev–Trinajstić information content (AvgIpc) is 2.34. The van der Waals surface area contributed by atoms with E-state index in [9.17, 15) is 9.50 Å². The van der Waals surface area contributed by atoms with Gasteiger partial charge in [0, 0.05) is 13.2 Å². The lowest BCUT2D eigenvalue weighted by atomic mass is 10.1. The molecule has 0 aromatic heterocycles. The van der Waals surface area contributed by atoms with Crippen molar-refractivity contribution in [2.75, 3.05) is 19.7 Å². The Hall–Kier alpha value is -0.970. The second-order valence-electron chi connectivity index (χ2n) is 4.54. The van der Waals surface area contributed by atoms with E-state index in [1.165, 1.54) is 12.1 Å². The normalized spacial score (nSPS) is 12.9. The molecule has 1 rings (SSSR count). The number of rotatable bonds is 8. The van der Waals surface area contributed by atoms with Crippen LogP contribution in [0, 0.1) is 5.82 Å². The Morgan fingerprint density at radius 3 is 2.56 bits per heavy atom.